The summed E-state index contributed by atoms with van der Waals surface area (Å²) < 4.78 is 0. The number of aromatic nitrogens is 1. The fourth-order valence-electron chi connectivity index (χ4n) is 1.48. The predicted octanol–water partition coefficient (Wildman–Crippen LogP) is 4.70. The van der Waals surface area contributed by atoms with Crippen LogP contribution in [0.25, 0.3) is 11.3 Å². The zero-order chi connectivity index (χ0) is 13.3. The first-order chi connectivity index (χ1) is 8.44. The first-order valence-corrected chi connectivity index (χ1v) is 7.28. The van der Waals surface area contributed by atoms with Crippen molar-refractivity contribution >= 4 is 34.5 Å². The van der Waals surface area contributed by atoms with E-state index >= 15 is 0 Å². The van der Waals surface area contributed by atoms with Gasteiger partial charge < -0.3 is 5.73 Å². The summed E-state index contributed by atoms with van der Waals surface area (Å²) in [6.45, 7) is 4.05. The van der Waals surface area contributed by atoms with Gasteiger partial charge in [0.1, 0.15) is 5.01 Å². The van der Waals surface area contributed by atoms with Crippen molar-refractivity contribution in [2.24, 2.45) is 5.73 Å². The summed E-state index contributed by atoms with van der Waals surface area (Å²) in [6, 6.07) is 5.51. The molecule has 2 N–H and O–H groups in total. The van der Waals surface area contributed by atoms with Crippen molar-refractivity contribution in [1.82, 2.24) is 4.98 Å². The van der Waals surface area contributed by atoms with E-state index in [4.69, 9.17) is 28.9 Å². The molecule has 0 aliphatic heterocycles. The van der Waals surface area contributed by atoms with Gasteiger partial charge in [-0.3, -0.25) is 0 Å². The molecular weight excluding hydrogens is 287 g/mol. The number of thiazole rings is 1. The summed E-state index contributed by atoms with van der Waals surface area (Å²) in [5.74, 6) is 0. The maximum atomic E-state index is 6.18. The maximum absolute atomic E-state index is 6.18. The Labute approximate surface area is 121 Å². The second-order valence-corrected chi connectivity index (χ2v) is 6.11. The van der Waals surface area contributed by atoms with Gasteiger partial charge in [-0.1, -0.05) is 36.2 Å². The molecule has 0 saturated carbocycles. The molecule has 1 heterocycles. The topological polar surface area (TPSA) is 38.9 Å². The number of hydrogen-bond acceptors (Lipinski definition) is 3. The molecule has 0 aliphatic carbocycles. The van der Waals surface area contributed by atoms with Gasteiger partial charge in [-0.25, -0.2) is 4.98 Å². The summed E-state index contributed by atoms with van der Waals surface area (Å²) in [7, 11) is 0. The lowest BCUT2D eigenvalue weighted by molar-refractivity contribution is 0.474. The molecule has 18 heavy (non-hydrogen) atoms. The van der Waals surface area contributed by atoms with E-state index in [1.165, 1.54) is 0 Å². The van der Waals surface area contributed by atoms with Gasteiger partial charge in [-0.2, -0.15) is 0 Å². The van der Waals surface area contributed by atoms with Crippen LogP contribution >= 0.6 is 34.5 Å². The van der Waals surface area contributed by atoms with Gasteiger partial charge in [0.05, 0.1) is 21.3 Å². The molecule has 0 saturated heterocycles. The Kier molecular flexibility index (Phi) is 3.97. The number of benzene rings is 1. The van der Waals surface area contributed by atoms with Crippen LogP contribution in [0.4, 0.5) is 0 Å². The van der Waals surface area contributed by atoms with Crippen LogP contribution in [0.5, 0.6) is 0 Å². The zero-order valence-corrected chi connectivity index (χ0v) is 12.5. The van der Waals surface area contributed by atoms with E-state index < -0.39 is 0 Å². The van der Waals surface area contributed by atoms with Crippen LogP contribution in [0.1, 0.15) is 25.3 Å². The Bertz CT molecular complexity index is 564. The van der Waals surface area contributed by atoms with Crippen molar-refractivity contribution in [2.75, 3.05) is 0 Å². The van der Waals surface area contributed by atoms with E-state index in [9.17, 15) is 0 Å². The highest BCUT2D eigenvalue weighted by Crippen LogP contribution is 2.32. The van der Waals surface area contributed by atoms with E-state index in [1.54, 1.807) is 17.4 Å². The van der Waals surface area contributed by atoms with E-state index in [0.717, 1.165) is 22.7 Å². The lowest BCUT2D eigenvalue weighted by atomic mass is 10.0. The highest BCUT2D eigenvalue weighted by atomic mass is 35.5. The summed E-state index contributed by atoms with van der Waals surface area (Å²) >= 11 is 13.5. The molecule has 5 heteroatoms. The monoisotopic (exact) mass is 300 g/mol. The Morgan fingerprint density at radius 1 is 1.33 bits per heavy atom. The smallest absolute Gasteiger partial charge is 0.113 e. The highest BCUT2D eigenvalue weighted by molar-refractivity contribution is 7.10. The fourth-order valence-corrected chi connectivity index (χ4v) is 2.75. The second kappa shape index (κ2) is 5.17. The fraction of sp³-hybridized carbons (Fsp3) is 0.308. The van der Waals surface area contributed by atoms with Gasteiger partial charge in [0, 0.05) is 10.9 Å². The highest BCUT2D eigenvalue weighted by Gasteiger charge is 2.22. The Balaban J connectivity index is 2.38. The number of halogens is 2. The predicted molar refractivity (Wildman–Crippen MR) is 79.4 cm³/mol. The van der Waals surface area contributed by atoms with Crippen molar-refractivity contribution in [3.8, 4) is 11.3 Å². The van der Waals surface area contributed by atoms with Crippen molar-refractivity contribution in [3.05, 3.63) is 38.6 Å². The third-order valence-corrected chi connectivity index (χ3v) is 4.80. The van der Waals surface area contributed by atoms with Crippen molar-refractivity contribution in [2.45, 2.75) is 25.8 Å². The van der Waals surface area contributed by atoms with Gasteiger partial charge >= 0.3 is 0 Å². The Morgan fingerprint density at radius 3 is 2.67 bits per heavy atom. The minimum Gasteiger partial charge on any atom is -0.320 e. The van der Waals surface area contributed by atoms with Crippen LogP contribution in [0.15, 0.2) is 23.6 Å². The van der Waals surface area contributed by atoms with Gasteiger partial charge in [0.25, 0.3) is 0 Å². The molecule has 1 aromatic heterocycles. The van der Waals surface area contributed by atoms with Crippen molar-refractivity contribution < 1.29 is 0 Å². The zero-order valence-electron chi connectivity index (χ0n) is 10.2. The number of nitrogens with two attached hydrogens (primary N) is 1. The van der Waals surface area contributed by atoms with Gasteiger partial charge in [-0.15, -0.1) is 11.3 Å². The summed E-state index contributed by atoms with van der Waals surface area (Å²) in [5, 5.41) is 4.02. The number of rotatable bonds is 3. The quantitative estimate of drug-likeness (QED) is 0.892. The molecule has 0 bridgehead atoms. The first kappa shape index (κ1) is 13.8. The molecule has 0 radical (unpaired) electrons. The SMILES string of the molecule is CCC(C)(N)c1nc(-c2ccc(Cl)c(Cl)c2)cs1. The normalized spacial score (nSPS) is 14.5. The largest absolute Gasteiger partial charge is 0.320 e. The van der Waals surface area contributed by atoms with Crippen molar-refractivity contribution in [1.29, 1.82) is 0 Å². The molecule has 2 aromatic rings. The molecule has 0 spiro atoms. The first-order valence-electron chi connectivity index (χ1n) is 5.64. The molecule has 0 fully saturated rings. The van der Waals surface area contributed by atoms with E-state index in [0.29, 0.717) is 10.0 Å². The van der Waals surface area contributed by atoms with E-state index in [1.807, 2.05) is 24.4 Å². The third kappa shape index (κ3) is 2.69. The average molecular weight is 301 g/mol. The number of hydrogen-bond donors (Lipinski definition) is 1. The van der Waals surface area contributed by atoms with Gasteiger partial charge in [-0.05, 0) is 25.5 Å². The average Bonchev–Trinajstić information content (AvgIpc) is 2.83. The van der Waals surface area contributed by atoms with E-state index in [2.05, 4.69) is 11.9 Å². The van der Waals surface area contributed by atoms with Crippen LogP contribution in [-0.2, 0) is 5.54 Å². The molecule has 1 aromatic carbocycles. The summed E-state index contributed by atoms with van der Waals surface area (Å²) in [5.41, 5.74) is 7.65. The molecule has 2 rings (SSSR count). The molecule has 96 valence electrons. The lowest BCUT2D eigenvalue weighted by Gasteiger charge is -2.18. The van der Waals surface area contributed by atoms with Crippen LogP contribution in [0.3, 0.4) is 0 Å². The molecule has 1 unspecified atom stereocenters. The maximum Gasteiger partial charge on any atom is 0.113 e. The third-order valence-electron chi connectivity index (χ3n) is 2.94. The minimum atomic E-state index is -0.376. The van der Waals surface area contributed by atoms with Crippen LogP contribution in [-0.4, -0.2) is 4.98 Å². The summed E-state index contributed by atoms with van der Waals surface area (Å²) in [4.78, 5) is 4.59. The Hall–Kier alpha value is -0.610. The Morgan fingerprint density at radius 2 is 2.06 bits per heavy atom. The minimum absolute atomic E-state index is 0.376. The van der Waals surface area contributed by atoms with Gasteiger partial charge in [0.2, 0.25) is 0 Å². The standard InChI is InChI=1S/C13H14Cl2N2S/c1-3-13(2,16)12-17-11(7-18-12)8-4-5-9(14)10(15)6-8/h4-7H,3,16H2,1-2H3. The summed E-state index contributed by atoms with van der Waals surface area (Å²) in [6.07, 6.45) is 0.849. The van der Waals surface area contributed by atoms with Gasteiger partial charge in [0.15, 0.2) is 0 Å². The molecule has 0 amide bonds. The van der Waals surface area contributed by atoms with E-state index in [-0.39, 0.29) is 5.54 Å². The molecule has 1 atom stereocenters. The lowest BCUT2D eigenvalue weighted by Crippen LogP contribution is -2.31. The van der Waals surface area contributed by atoms with Crippen LogP contribution < -0.4 is 5.73 Å². The van der Waals surface area contributed by atoms with Crippen LogP contribution in [0, 0.1) is 0 Å². The van der Waals surface area contributed by atoms with Crippen molar-refractivity contribution in [3.63, 3.8) is 0 Å². The van der Waals surface area contributed by atoms with Crippen LogP contribution in [0.2, 0.25) is 10.0 Å². The second-order valence-electron chi connectivity index (χ2n) is 4.44. The molecule has 0 aliphatic rings. The molecular formula is C13H14Cl2N2S. The molecule has 2 nitrogen and oxygen atoms in total. The number of nitrogens with zero attached hydrogens (tertiary/aromatic N) is 1.